The van der Waals surface area contributed by atoms with Gasteiger partial charge in [-0.05, 0) is 78.5 Å². The Bertz CT molecular complexity index is 2320. The molecule has 2 unspecified atom stereocenters. The Morgan fingerprint density at radius 2 is 1.25 bits per heavy atom. The molecule has 0 bridgehead atoms. The fraction of sp³-hybridized carbons (Fsp3) is 0.327. The number of ether oxygens (including phenoxy) is 3. The number of nitrogens with zero attached hydrogens (tertiary/aromatic N) is 1. The van der Waals surface area contributed by atoms with E-state index in [1.165, 1.54) is 0 Å². The number of hydrogen-bond donors (Lipinski definition) is 3. The minimum Gasteiger partial charge on any atom is -0.449 e. The fourth-order valence-electron chi connectivity index (χ4n) is 8.47. The highest BCUT2D eigenvalue weighted by molar-refractivity contribution is 5.94. The lowest BCUT2D eigenvalue weighted by atomic mass is 9.90. The third kappa shape index (κ3) is 11.5. The predicted molar refractivity (Wildman–Crippen MR) is 243 cm³/mol. The molecule has 12 nitrogen and oxygen atoms in total. The minimum absolute atomic E-state index is 0.00866. The molecule has 1 fully saturated rings. The summed E-state index contributed by atoms with van der Waals surface area (Å²) >= 11 is 0. The molecular weight excluding hydrogens is 809 g/mol. The molecule has 1 saturated carbocycles. The number of carbonyl (C=O) groups excluding carboxylic acids is 5. The van der Waals surface area contributed by atoms with E-state index in [1.54, 1.807) is 25.7 Å². The van der Waals surface area contributed by atoms with Crippen LogP contribution < -0.4 is 16.0 Å². The van der Waals surface area contributed by atoms with Crippen LogP contribution in [0, 0.1) is 5.92 Å². The Morgan fingerprint density at radius 3 is 1.84 bits per heavy atom. The number of Topliss-reactive ketones (excluding diaryl/α,β-unsaturated/α-hetero) is 1. The van der Waals surface area contributed by atoms with Gasteiger partial charge in [-0.3, -0.25) is 9.59 Å². The first-order valence-corrected chi connectivity index (χ1v) is 21.9. The van der Waals surface area contributed by atoms with E-state index in [1.807, 2.05) is 127 Å². The van der Waals surface area contributed by atoms with Crippen molar-refractivity contribution >= 4 is 30.0 Å². The summed E-state index contributed by atoms with van der Waals surface area (Å²) in [4.78, 5) is 69.5. The molecule has 0 spiro atoms. The molecule has 0 heterocycles. The molecular formula is C52H56N4O8. The third-order valence-corrected chi connectivity index (χ3v) is 11.7. The van der Waals surface area contributed by atoms with Crippen LogP contribution in [-0.4, -0.2) is 78.8 Å². The largest absolute Gasteiger partial charge is 0.449 e. The van der Waals surface area contributed by atoms with Crippen molar-refractivity contribution in [1.29, 1.82) is 0 Å². The number of rotatable bonds is 18. The van der Waals surface area contributed by atoms with Crippen LogP contribution >= 0.6 is 0 Å². The number of ketones is 1. The monoisotopic (exact) mass is 864 g/mol. The van der Waals surface area contributed by atoms with Gasteiger partial charge in [0.05, 0.1) is 6.54 Å². The number of hydrogen-bond acceptors (Lipinski definition) is 8. The fourth-order valence-corrected chi connectivity index (χ4v) is 8.47. The molecule has 0 radical (unpaired) electrons. The van der Waals surface area contributed by atoms with Crippen molar-refractivity contribution in [3.8, 4) is 11.1 Å². The maximum Gasteiger partial charge on any atom is 0.408 e. The summed E-state index contributed by atoms with van der Waals surface area (Å²) in [5, 5.41) is 8.33. The lowest BCUT2D eigenvalue weighted by molar-refractivity contribution is -0.135. The SMILES string of the molecule is CC(C)(C)OC(=O)NCC(=O)CCN(CC(c1ccccc1)c1ccccc1)C(=O)C1(NC(=O)OCC2c3ccccc3-c3ccccc32)CC1CCNC(=O)OCc1ccccc1. The molecule has 0 saturated heterocycles. The summed E-state index contributed by atoms with van der Waals surface area (Å²) in [5.41, 5.74) is 4.94. The van der Waals surface area contributed by atoms with Crippen molar-refractivity contribution in [2.45, 2.75) is 69.6 Å². The van der Waals surface area contributed by atoms with E-state index in [4.69, 9.17) is 14.2 Å². The average Bonchev–Trinajstić information content (AvgIpc) is 3.90. The summed E-state index contributed by atoms with van der Waals surface area (Å²) in [6.45, 7) is 5.46. The smallest absolute Gasteiger partial charge is 0.408 e. The molecule has 4 amide bonds. The summed E-state index contributed by atoms with van der Waals surface area (Å²) in [6, 6.07) is 45.1. The lowest BCUT2D eigenvalue weighted by Gasteiger charge is -2.32. The van der Waals surface area contributed by atoms with E-state index in [0.717, 1.165) is 38.9 Å². The maximum absolute atomic E-state index is 15.3. The first-order chi connectivity index (χ1) is 30.9. The van der Waals surface area contributed by atoms with E-state index in [2.05, 4.69) is 28.1 Å². The Labute approximate surface area is 374 Å². The zero-order chi connectivity index (χ0) is 45.1. The molecule has 2 aliphatic rings. The third-order valence-electron chi connectivity index (χ3n) is 11.7. The minimum atomic E-state index is -1.39. The van der Waals surface area contributed by atoms with Crippen molar-refractivity contribution in [2.24, 2.45) is 5.92 Å². The topological polar surface area (TPSA) is 152 Å². The van der Waals surface area contributed by atoms with Gasteiger partial charge in [0.15, 0.2) is 5.78 Å². The molecule has 5 aromatic rings. The van der Waals surface area contributed by atoms with Crippen LogP contribution in [0.4, 0.5) is 14.4 Å². The Hall–Kier alpha value is -6.95. The van der Waals surface area contributed by atoms with Crippen molar-refractivity contribution in [3.05, 3.63) is 167 Å². The molecule has 2 aliphatic carbocycles. The molecule has 12 heteroatoms. The van der Waals surface area contributed by atoms with E-state index >= 15 is 4.79 Å². The molecule has 332 valence electrons. The van der Waals surface area contributed by atoms with Crippen LogP contribution in [-0.2, 0) is 30.4 Å². The Balaban J connectivity index is 1.11. The van der Waals surface area contributed by atoms with E-state index in [9.17, 15) is 19.2 Å². The molecule has 3 N–H and O–H groups in total. The van der Waals surface area contributed by atoms with E-state index in [-0.39, 0.29) is 81.7 Å². The highest BCUT2D eigenvalue weighted by Gasteiger charge is 2.62. The first-order valence-electron chi connectivity index (χ1n) is 21.9. The highest BCUT2D eigenvalue weighted by atomic mass is 16.6. The molecule has 64 heavy (non-hydrogen) atoms. The van der Waals surface area contributed by atoms with Gasteiger partial charge in [-0.25, -0.2) is 14.4 Å². The number of fused-ring (bicyclic) bond motifs is 3. The van der Waals surface area contributed by atoms with Crippen molar-refractivity contribution in [1.82, 2.24) is 20.9 Å². The van der Waals surface area contributed by atoms with Gasteiger partial charge in [-0.1, -0.05) is 140 Å². The zero-order valence-corrected chi connectivity index (χ0v) is 36.6. The van der Waals surface area contributed by atoms with E-state index in [0.29, 0.717) is 6.42 Å². The van der Waals surface area contributed by atoms with Crippen molar-refractivity contribution in [3.63, 3.8) is 0 Å². The number of amides is 4. The predicted octanol–water partition coefficient (Wildman–Crippen LogP) is 8.74. The van der Waals surface area contributed by atoms with Gasteiger partial charge in [-0.2, -0.15) is 0 Å². The van der Waals surface area contributed by atoms with Gasteiger partial charge in [-0.15, -0.1) is 0 Å². The molecule has 0 aromatic heterocycles. The van der Waals surface area contributed by atoms with Gasteiger partial charge in [0, 0.05) is 37.9 Å². The van der Waals surface area contributed by atoms with Crippen molar-refractivity contribution < 1.29 is 38.2 Å². The molecule has 7 rings (SSSR count). The Morgan fingerprint density at radius 1 is 0.688 bits per heavy atom. The normalized spacial score (nSPS) is 16.2. The van der Waals surface area contributed by atoms with Gasteiger partial charge in [0.25, 0.3) is 0 Å². The van der Waals surface area contributed by atoms with Crippen LogP contribution in [0.25, 0.3) is 11.1 Å². The van der Waals surface area contributed by atoms with Gasteiger partial charge < -0.3 is 35.1 Å². The maximum atomic E-state index is 15.3. The molecule has 0 aliphatic heterocycles. The quantitative estimate of drug-likeness (QED) is 0.0740. The van der Waals surface area contributed by atoms with Gasteiger partial charge in [0.1, 0.15) is 24.4 Å². The van der Waals surface area contributed by atoms with Crippen LogP contribution in [0.1, 0.15) is 79.7 Å². The van der Waals surface area contributed by atoms with E-state index < -0.39 is 29.4 Å². The lowest BCUT2D eigenvalue weighted by Crippen LogP contribution is -2.53. The molecule has 5 aromatic carbocycles. The van der Waals surface area contributed by atoms with Crippen LogP contribution in [0.15, 0.2) is 140 Å². The second kappa shape index (κ2) is 20.5. The standard InChI is InChI=1S/C52H56N4O8/c1-51(2,3)64-49(60)54-32-40(57)28-30-56(33-45(37-19-9-5-10-20-37)38-21-11-6-12-22-38)47(58)52(31-39(52)27-29-53-48(59)62-34-36-17-7-4-8-18-36)55-50(61)63-35-46-43-25-15-13-23-41(43)42-24-14-16-26-44(42)46/h4-26,39,45-46H,27-35H2,1-3H3,(H,53,59)(H,54,60)(H,55,61). The summed E-state index contributed by atoms with van der Waals surface area (Å²) in [7, 11) is 0. The summed E-state index contributed by atoms with van der Waals surface area (Å²) in [5.74, 6) is -1.54. The first kappa shape index (κ1) is 45.1. The number of alkyl carbamates (subject to hydrolysis) is 3. The summed E-state index contributed by atoms with van der Waals surface area (Å²) < 4.78 is 16.7. The number of carbonyl (C=O) groups is 5. The van der Waals surface area contributed by atoms with Crippen LogP contribution in [0.5, 0.6) is 0 Å². The second-order valence-electron chi connectivity index (χ2n) is 17.4. The second-order valence-corrected chi connectivity index (χ2v) is 17.4. The van der Waals surface area contributed by atoms with Gasteiger partial charge >= 0.3 is 18.3 Å². The Kier molecular flexibility index (Phi) is 14.4. The number of nitrogens with one attached hydrogen (secondary N) is 3. The van der Waals surface area contributed by atoms with Gasteiger partial charge in [0.2, 0.25) is 5.91 Å². The molecule has 2 atom stereocenters. The van der Waals surface area contributed by atoms with Crippen molar-refractivity contribution in [2.75, 3.05) is 32.8 Å². The van der Waals surface area contributed by atoms with Crippen LogP contribution in [0.3, 0.4) is 0 Å². The van der Waals surface area contributed by atoms with Crippen LogP contribution in [0.2, 0.25) is 0 Å². The highest BCUT2D eigenvalue weighted by Crippen LogP contribution is 2.48. The zero-order valence-electron chi connectivity index (χ0n) is 36.6. The summed E-state index contributed by atoms with van der Waals surface area (Å²) in [6.07, 6.45) is -1.50. The number of benzene rings is 5. The average molecular weight is 865 g/mol.